The van der Waals surface area contributed by atoms with Crippen LogP contribution in [0.2, 0.25) is 0 Å². The molecule has 0 spiro atoms. The zero-order chi connectivity index (χ0) is 18.7. The van der Waals surface area contributed by atoms with Crippen LogP contribution >= 0.6 is 4.64 Å². The van der Waals surface area contributed by atoms with Crippen molar-refractivity contribution in [3.8, 4) is 0 Å². The monoisotopic (exact) mass is 501 g/mol. The third kappa shape index (κ3) is 5.03. The molecule has 4 aromatic rings. The number of fused-ring (bicyclic) bond motifs is 2. The first-order chi connectivity index (χ1) is 13.1. The Balaban J connectivity index is 1.38. The molecule has 0 atom stereocenters. The van der Waals surface area contributed by atoms with E-state index in [-0.39, 0.29) is 0 Å². The van der Waals surface area contributed by atoms with Gasteiger partial charge in [-0.3, -0.25) is 0 Å². The first-order valence-electron chi connectivity index (χ1n) is 9.34. The number of hydrogen-bond acceptors (Lipinski definition) is 0. The van der Waals surface area contributed by atoms with E-state index in [1.54, 1.807) is 0 Å². The molecular weight excluding hydrogens is 477 g/mol. The Morgan fingerprint density at radius 3 is 1.44 bits per heavy atom. The quantitative estimate of drug-likeness (QED) is 0.227. The van der Waals surface area contributed by atoms with Gasteiger partial charge in [0.25, 0.3) is 0 Å². The second-order valence-corrected chi connectivity index (χ2v) is 22.0. The molecule has 0 fully saturated rings. The molecule has 0 saturated heterocycles. The number of benzene rings is 4. The summed E-state index contributed by atoms with van der Waals surface area (Å²) in [4.78, 5) is 0. The van der Waals surface area contributed by atoms with Crippen LogP contribution < -0.4 is 0 Å². The Morgan fingerprint density at radius 2 is 1.00 bits per heavy atom. The molecule has 0 saturated carbocycles. The van der Waals surface area contributed by atoms with Crippen LogP contribution in [0, 0.1) is 0 Å². The summed E-state index contributed by atoms with van der Waals surface area (Å²) in [6.07, 6.45) is 4.71. The molecule has 135 valence electrons. The molecule has 0 aliphatic carbocycles. The number of aryl methyl sites for hydroxylation is 2. The van der Waals surface area contributed by atoms with Crippen LogP contribution in [0.15, 0.2) is 84.9 Å². The van der Waals surface area contributed by atoms with Crippen LogP contribution in [0.25, 0.3) is 21.5 Å². The Labute approximate surface area is 177 Å². The summed E-state index contributed by atoms with van der Waals surface area (Å²) in [7, 11) is 0. The summed E-state index contributed by atoms with van der Waals surface area (Å²) < 4.78 is -1.14. The summed E-state index contributed by atoms with van der Waals surface area (Å²) >= 11 is 7.05. The molecule has 27 heavy (non-hydrogen) atoms. The predicted octanol–water partition coefficient (Wildman–Crippen LogP) is 5.96. The van der Waals surface area contributed by atoms with Gasteiger partial charge in [0.1, 0.15) is 0 Å². The van der Waals surface area contributed by atoms with Crippen LogP contribution in [-0.4, -0.2) is 43.5 Å². The van der Waals surface area contributed by atoms with Crippen molar-refractivity contribution in [2.75, 3.05) is 12.3 Å². The summed E-state index contributed by atoms with van der Waals surface area (Å²) in [5.74, 6) is 0. The van der Waals surface area contributed by atoms with Crippen LogP contribution in [0.5, 0.6) is 0 Å². The van der Waals surface area contributed by atoms with E-state index >= 15 is 0 Å². The van der Waals surface area contributed by atoms with Crippen molar-refractivity contribution in [1.29, 1.82) is 0 Å². The molecule has 0 N–H and O–H groups in total. The van der Waals surface area contributed by atoms with Gasteiger partial charge in [-0.1, -0.05) is 0 Å². The van der Waals surface area contributed by atoms with E-state index < -0.39 is 4.64 Å². The summed E-state index contributed by atoms with van der Waals surface area (Å²) in [5.41, 5.74) is 2.88. The van der Waals surface area contributed by atoms with Crippen molar-refractivity contribution in [2.24, 2.45) is 0 Å². The molecule has 0 bridgehead atoms. The minimum absolute atomic E-state index is 1.14. The second kappa shape index (κ2) is 8.48. The summed E-state index contributed by atoms with van der Waals surface area (Å²) in [5, 5.41) is 5.33. The molecule has 3 heteroatoms. The first kappa shape index (κ1) is 19.2. The normalized spacial score (nSPS) is 11.9. The van der Waals surface area contributed by atoms with Gasteiger partial charge in [-0.2, -0.15) is 0 Å². The third-order valence-electron chi connectivity index (χ3n) is 5.11. The van der Waals surface area contributed by atoms with Crippen molar-refractivity contribution in [3.05, 3.63) is 96.1 Å². The zero-order valence-electron chi connectivity index (χ0n) is 15.2. The number of rotatable bonds is 6. The summed E-state index contributed by atoms with van der Waals surface area (Å²) in [6, 6.07) is 31.0. The van der Waals surface area contributed by atoms with Gasteiger partial charge in [0, 0.05) is 0 Å². The van der Waals surface area contributed by atoms with Gasteiger partial charge < -0.3 is 0 Å². The fourth-order valence-corrected chi connectivity index (χ4v) is 7.22. The number of hydrogen-bond donors (Lipinski definition) is 0. The van der Waals surface area contributed by atoms with Gasteiger partial charge in [0.15, 0.2) is 0 Å². The summed E-state index contributed by atoms with van der Waals surface area (Å²) in [6.45, 7) is 0. The van der Waals surface area contributed by atoms with Gasteiger partial charge in [-0.05, 0) is 0 Å². The van der Waals surface area contributed by atoms with E-state index in [1.165, 1.54) is 45.0 Å². The Morgan fingerprint density at radius 1 is 0.593 bits per heavy atom. The molecule has 1 radical (unpaired) electrons. The van der Waals surface area contributed by atoms with Gasteiger partial charge in [-0.15, -0.1) is 0 Å². The van der Waals surface area contributed by atoms with Crippen molar-refractivity contribution < 1.29 is 0 Å². The molecule has 4 aromatic carbocycles. The molecule has 0 amide bonds. The maximum atomic E-state index is 3.52. The minimum atomic E-state index is -1.14. The van der Waals surface area contributed by atoms with E-state index in [0.29, 0.717) is 0 Å². The van der Waals surface area contributed by atoms with Crippen molar-refractivity contribution in [3.63, 3.8) is 0 Å². The van der Waals surface area contributed by atoms with E-state index in [2.05, 4.69) is 116 Å². The average molecular weight is 499 g/mol. The molecule has 4 rings (SSSR count). The SMILES string of the molecule is [Se][P+]([Se-])(CCc1ccc2ccccc2c1)CCc1ccc2ccccc2c1. The Hall–Kier alpha value is -1.13. The van der Waals surface area contributed by atoms with Gasteiger partial charge in [0.2, 0.25) is 0 Å². The fraction of sp³-hybridized carbons (Fsp3) is 0.167. The van der Waals surface area contributed by atoms with Crippen molar-refractivity contribution in [2.45, 2.75) is 12.8 Å². The van der Waals surface area contributed by atoms with Crippen LogP contribution in [0.4, 0.5) is 0 Å². The molecule has 0 aromatic heterocycles. The van der Waals surface area contributed by atoms with E-state index in [0.717, 1.165) is 12.8 Å². The predicted molar refractivity (Wildman–Crippen MR) is 123 cm³/mol. The van der Waals surface area contributed by atoms with Gasteiger partial charge in [-0.25, -0.2) is 0 Å². The first-order valence-corrected chi connectivity index (χ1v) is 15.9. The van der Waals surface area contributed by atoms with E-state index in [1.807, 2.05) is 0 Å². The molecular formula is C24H22PSe2. The molecule has 0 unspecified atom stereocenters. The molecule has 0 aliphatic heterocycles. The second-order valence-electron chi connectivity index (χ2n) is 7.12. The van der Waals surface area contributed by atoms with Crippen LogP contribution in [0.1, 0.15) is 11.1 Å². The van der Waals surface area contributed by atoms with Gasteiger partial charge in [0.05, 0.1) is 0 Å². The van der Waals surface area contributed by atoms with Crippen LogP contribution in [-0.2, 0) is 12.8 Å². The fourth-order valence-electron chi connectivity index (χ4n) is 3.50. The van der Waals surface area contributed by atoms with Gasteiger partial charge >= 0.3 is 179 Å². The Bertz CT molecular complexity index is 987. The molecule has 0 heterocycles. The topological polar surface area (TPSA) is 0 Å². The third-order valence-corrected chi connectivity index (χ3v) is 11.5. The maximum absolute atomic E-state index is 3.52. The standard InChI is InChI=1S/C24H22PSe2/c26-25(27,15-13-19-9-11-21-5-1-3-7-23(21)17-19)16-14-20-10-12-22-6-2-4-8-24(22)18-20/h1-12,17-18H,13-16H2. The van der Waals surface area contributed by atoms with E-state index in [9.17, 15) is 0 Å². The van der Waals surface area contributed by atoms with Crippen molar-refractivity contribution in [1.82, 2.24) is 0 Å². The molecule has 0 aliphatic rings. The Kier molecular flexibility index (Phi) is 6.03. The van der Waals surface area contributed by atoms with E-state index in [4.69, 9.17) is 0 Å². The molecule has 0 nitrogen and oxygen atoms in total. The average Bonchev–Trinajstić information content (AvgIpc) is 2.70. The zero-order valence-corrected chi connectivity index (χ0v) is 19.5. The van der Waals surface area contributed by atoms with Crippen molar-refractivity contribution >= 4 is 57.3 Å². The van der Waals surface area contributed by atoms with Crippen LogP contribution in [0.3, 0.4) is 0 Å².